The predicted molar refractivity (Wildman–Crippen MR) is 97.8 cm³/mol. The van der Waals surface area contributed by atoms with Crippen LogP contribution in [0.4, 0.5) is 10.6 Å². The molecular formula is C18H19N3O3S. The summed E-state index contributed by atoms with van der Waals surface area (Å²) in [5.74, 6) is 1.77. The third-order valence-electron chi connectivity index (χ3n) is 3.84. The molecule has 0 radical (unpaired) electrons. The van der Waals surface area contributed by atoms with Crippen molar-refractivity contribution in [3.8, 4) is 5.75 Å². The Kier molecular flexibility index (Phi) is 5.55. The zero-order valence-corrected chi connectivity index (χ0v) is 14.7. The molecule has 0 spiro atoms. The van der Waals surface area contributed by atoms with E-state index in [1.54, 1.807) is 6.20 Å². The quantitative estimate of drug-likeness (QED) is 0.759. The third-order valence-corrected chi connectivity index (χ3v) is 4.70. The summed E-state index contributed by atoms with van der Waals surface area (Å²) in [6.45, 7) is 1.56. The SMILES string of the molecule is CN(CCOc1ccc(CN2C(=O)CSC2=O)cc1)c1ccccn1. The first-order valence-electron chi connectivity index (χ1n) is 7.94. The maximum Gasteiger partial charge on any atom is 0.289 e. The Hall–Kier alpha value is -2.54. The Morgan fingerprint density at radius 3 is 2.64 bits per heavy atom. The van der Waals surface area contributed by atoms with Gasteiger partial charge in [-0.3, -0.25) is 14.5 Å². The average Bonchev–Trinajstić information content (AvgIpc) is 2.96. The van der Waals surface area contributed by atoms with E-state index < -0.39 is 0 Å². The van der Waals surface area contributed by atoms with Gasteiger partial charge in [0.15, 0.2) is 0 Å². The van der Waals surface area contributed by atoms with Gasteiger partial charge in [-0.05, 0) is 29.8 Å². The van der Waals surface area contributed by atoms with E-state index in [-0.39, 0.29) is 16.9 Å². The van der Waals surface area contributed by atoms with E-state index in [9.17, 15) is 9.59 Å². The van der Waals surface area contributed by atoms with Gasteiger partial charge in [-0.1, -0.05) is 30.0 Å². The molecule has 1 aliphatic heterocycles. The van der Waals surface area contributed by atoms with Gasteiger partial charge in [-0.2, -0.15) is 0 Å². The smallest absolute Gasteiger partial charge is 0.289 e. The van der Waals surface area contributed by atoms with Crippen molar-refractivity contribution in [2.45, 2.75) is 6.54 Å². The number of aromatic nitrogens is 1. The second-order valence-electron chi connectivity index (χ2n) is 5.64. The van der Waals surface area contributed by atoms with Gasteiger partial charge in [-0.25, -0.2) is 4.98 Å². The highest BCUT2D eigenvalue weighted by Crippen LogP contribution is 2.22. The van der Waals surface area contributed by atoms with E-state index >= 15 is 0 Å². The molecule has 0 aliphatic carbocycles. The molecule has 0 saturated carbocycles. The molecule has 1 aromatic heterocycles. The number of pyridine rings is 1. The molecule has 25 heavy (non-hydrogen) atoms. The van der Waals surface area contributed by atoms with Crippen molar-refractivity contribution in [3.05, 3.63) is 54.2 Å². The summed E-state index contributed by atoms with van der Waals surface area (Å²) in [7, 11) is 1.97. The molecule has 2 aromatic rings. The number of anilines is 1. The Morgan fingerprint density at radius 1 is 1.20 bits per heavy atom. The number of imide groups is 1. The van der Waals surface area contributed by atoms with Crippen molar-refractivity contribution in [1.82, 2.24) is 9.88 Å². The Labute approximate surface area is 150 Å². The summed E-state index contributed by atoms with van der Waals surface area (Å²) < 4.78 is 5.74. The number of likely N-dealkylation sites (N-methyl/N-ethyl adjacent to an activating group) is 1. The standard InChI is InChI=1S/C18H19N3O3S/c1-20(16-4-2-3-9-19-16)10-11-24-15-7-5-14(6-8-15)12-21-17(22)13-25-18(21)23/h2-9H,10-13H2,1H3. The predicted octanol–water partition coefficient (Wildman–Crippen LogP) is 2.79. The highest BCUT2D eigenvalue weighted by molar-refractivity contribution is 8.14. The van der Waals surface area contributed by atoms with Crippen LogP contribution in [0.1, 0.15) is 5.56 Å². The van der Waals surface area contributed by atoms with Gasteiger partial charge in [0.25, 0.3) is 5.24 Å². The van der Waals surface area contributed by atoms with Crippen LogP contribution in [-0.2, 0) is 11.3 Å². The number of thioether (sulfide) groups is 1. The molecule has 3 rings (SSSR count). The highest BCUT2D eigenvalue weighted by Gasteiger charge is 2.29. The van der Waals surface area contributed by atoms with E-state index in [1.807, 2.05) is 54.4 Å². The molecule has 1 aliphatic rings. The van der Waals surface area contributed by atoms with E-state index in [4.69, 9.17) is 4.74 Å². The van der Waals surface area contributed by atoms with Gasteiger partial charge in [0.2, 0.25) is 5.91 Å². The first kappa shape index (κ1) is 17.3. The molecule has 1 aromatic carbocycles. The van der Waals surface area contributed by atoms with Gasteiger partial charge in [0, 0.05) is 13.2 Å². The largest absolute Gasteiger partial charge is 0.492 e. The minimum Gasteiger partial charge on any atom is -0.492 e. The Morgan fingerprint density at radius 2 is 2.00 bits per heavy atom. The molecule has 7 heteroatoms. The number of amides is 2. The maximum atomic E-state index is 11.6. The van der Waals surface area contributed by atoms with Gasteiger partial charge < -0.3 is 9.64 Å². The zero-order chi connectivity index (χ0) is 17.6. The van der Waals surface area contributed by atoms with Crippen LogP contribution < -0.4 is 9.64 Å². The normalized spacial score (nSPS) is 14.0. The molecule has 2 heterocycles. The molecule has 6 nitrogen and oxygen atoms in total. The summed E-state index contributed by atoms with van der Waals surface area (Å²) in [4.78, 5) is 30.8. The molecular weight excluding hydrogens is 338 g/mol. The van der Waals surface area contributed by atoms with Crippen LogP contribution >= 0.6 is 11.8 Å². The van der Waals surface area contributed by atoms with Crippen LogP contribution in [0, 0.1) is 0 Å². The minimum atomic E-state index is -0.178. The number of hydrogen-bond acceptors (Lipinski definition) is 6. The lowest BCUT2D eigenvalue weighted by atomic mass is 10.2. The lowest BCUT2D eigenvalue weighted by Gasteiger charge is -2.18. The van der Waals surface area contributed by atoms with Crippen molar-refractivity contribution in [2.24, 2.45) is 0 Å². The minimum absolute atomic E-state index is 0.132. The zero-order valence-electron chi connectivity index (χ0n) is 13.9. The second kappa shape index (κ2) is 8.02. The molecule has 1 fully saturated rings. The fourth-order valence-electron chi connectivity index (χ4n) is 2.40. The fraction of sp³-hybridized carbons (Fsp3) is 0.278. The first-order valence-corrected chi connectivity index (χ1v) is 8.93. The monoisotopic (exact) mass is 357 g/mol. The summed E-state index contributed by atoms with van der Waals surface area (Å²) in [5, 5.41) is -0.178. The first-order chi connectivity index (χ1) is 12.1. The average molecular weight is 357 g/mol. The summed E-state index contributed by atoms with van der Waals surface area (Å²) in [6.07, 6.45) is 1.76. The Bertz CT molecular complexity index is 721. The van der Waals surface area contributed by atoms with Crippen LogP contribution in [0.2, 0.25) is 0 Å². The summed E-state index contributed by atoms with van der Waals surface area (Å²) in [5.41, 5.74) is 0.905. The Balaban J connectivity index is 1.48. The van der Waals surface area contributed by atoms with Crippen LogP contribution in [0.3, 0.4) is 0 Å². The summed E-state index contributed by atoms with van der Waals surface area (Å²) in [6, 6.07) is 13.3. The van der Waals surface area contributed by atoms with Crippen LogP contribution in [0.25, 0.3) is 0 Å². The molecule has 2 amide bonds. The van der Waals surface area contributed by atoms with Crippen molar-refractivity contribution in [2.75, 3.05) is 30.9 Å². The van der Waals surface area contributed by atoms with Crippen LogP contribution in [0.5, 0.6) is 5.75 Å². The summed E-state index contributed by atoms with van der Waals surface area (Å²) >= 11 is 1.05. The van der Waals surface area contributed by atoms with Crippen molar-refractivity contribution in [1.29, 1.82) is 0 Å². The maximum absolute atomic E-state index is 11.6. The molecule has 0 unspecified atom stereocenters. The van der Waals surface area contributed by atoms with E-state index in [2.05, 4.69) is 4.98 Å². The van der Waals surface area contributed by atoms with Crippen molar-refractivity contribution < 1.29 is 14.3 Å². The number of carbonyl (C=O) groups is 2. The fourth-order valence-corrected chi connectivity index (χ4v) is 3.13. The number of hydrogen-bond donors (Lipinski definition) is 0. The van der Waals surface area contributed by atoms with Crippen molar-refractivity contribution in [3.63, 3.8) is 0 Å². The van der Waals surface area contributed by atoms with Crippen LogP contribution in [-0.4, -0.2) is 47.0 Å². The van der Waals surface area contributed by atoms with Crippen molar-refractivity contribution >= 4 is 28.7 Å². The number of benzene rings is 1. The molecule has 0 N–H and O–H groups in total. The van der Waals surface area contributed by atoms with Gasteiger partial charge >= 0.3 is 0 Å². The van der Waals surface area contributed by atoms with Gasteiger partial charge in [-0.15, -0.1) is 0 Å². The van der Waals surface area contributed by atoms with E-state index in [1.165, 1.54) is 4.90 Å². The molecule has 0 bridgehead atoms. The number of carbonyl (C=O) groups excluding carboxylic acids is 2. The van der Waals surface area contributed by atoms with Gasteiger partial charge in [0.1, 0.15) is 18.2 Å². The molecule has 130 valence electrons. The molecule has 0 atom stereocenters. The lowest BCUT2D eigenvalue weighted by molar-refractivity contribution is -0.125. The van der Waals surface area contributed by atoms with E-state index in [0.29, 0.717) is 19.7 Å². The van der Waals surface area contributed by atoms with Crippen LogP contribution in [0.15, 0.2) is 48.7 Å². The third kappa shape index (κ3) is 4.51. The number of nitrogens with zero attached hydrogens (tertiary/aromatic N) is 3. The topological polar surface area (TPSA) is 62.7 Å². The number of ether oxygens (including phenoxy) is 1. The second-order valence-corrected chi connectivity index (χ2v) is 6.56. The highest BCUT2D eigenvalue weighted by atomic mass is 32.2. The molecule has 1 saturated heterocycles. The lowest BCUT2D eigenvalue weighted by Crippen LogP contribution is -2.27. The number of rotatable bonds is 7. The van der Waals surface area contributed by atoms with Gasteiger partial charge in [0.05, 0.1) is 18.8 Å². The van der Waals surface area contributed by atoms with E-state index in [0.717, 1.165) is 28.9 Å².